The minimum absolute atomic E-state index is 0.686. The average Bonchev–Trinajstić information content (AvgIpc) is 3.34. The highest BCUT2D eigenvalue weighted by molar-refractivity contribution is 7.19. The van der Waals surface area contributed by atoms with Gasteiger partial charge < -0.3 is 9.47 Å². The van der Waals surface area contributed by atoms with Crippen molar-refractivity contribution in [2.75, 3.05) is 14.2 Å². The number of ether oxygens (including phenoxy) is 2. The molecule has 7 nitrogen and oxygen atoms in total. The topological polar surface area (TPSA) is 74.4 Å². The van der Waals surface area contributed by atoms with Gasteiger partial charge in [-0.3, -0.25) is 0 Å². The van der Waals surface area contributed by atoms with Crippen molar-refractivity contribution in [3.8, 4) is 33.6 Å². The van der Waals surface area contributed by atoms with Crippen LogP contribution in [-0.2, 0) is 0 Å². The molecule has 0 saturated heterocycles. The monoisotopic (exact) mass is 389 g/mol. The van der Waals surface area contributed by atoms with E-state index in [-0.39, 0.29) is 0 Å². The van der Waals surface area contributed by atoms with Crippen LogP contribution >= 0.6 is 11.3 Å². The maximum Gasteiger partial charge on any atom is 0.235 e. The smallest absolute Gasteiger partial charge is 0.235 e. The van der Waals surface area contributed by atoms with E-state index in [1.807, 2.05) is 54.6 Å². The summed E-state index contributed by atoms with van der Waals surface area (Å²) in [5.74, 6) is 2.29. The lowest BCUT2D eigenvalue weighted by molar-refractivity contribution is 0.415. The lowest BCUT2D eigenvalue weighted by atomic mass is 10.2. The second-order valence-electron chi connectivity index (χ2n) is 6.11. The predicted octanol–water partition coefficient (Wildman–Crippen LogP) is 4.09. The normalized spacial score (nSPS) is 11.2. The Morgan fingerprint density at radius 1 is 0.857 bits per heavy atom. The van der Waals surface area contributed by atoms with Crippen molar-refractivity contribution < 1.29 is 9.47 Å². The number of hydrogen-bond acceptors (Lipinski definition) is 7. The van der Waals surface area contributed by atoms with Gasteiger partial charge in [0.2, 0.25) is 4.96 Å². The molecule has 0 N–H and O–H groups in total. The molecule has 0 unspecified atom stereocenters. The van der Waals surface area contributed by atoms with Crippen molar-refractivity contribution in [2.45, 2.75) is 0 Å². The van der Waals surface area contributed by atoms with Crippen LogP contribution in [0, 0.1) is 0 Å². The quantitative estimate of drug-likeness (QED) is 0.461. The van der Waals surface area contributed by atoms with Crippen LogP contribution in [-0.4, -0.2) is 39.0 Å². The molecule has 5 rings (SSSR count). The molecule has 0 spiro atoms. The molecule has 138 valence electrons. The molecule has 0 radical (unpaired) electrons. The van der Waals surface area contributed by atoms with Crippen molar-refractivity contribution in [1.82, 2.24) is 24.8 Å². The van der Waals surface area contributed by atoms with Crippen LogP contribution in [0.4, 0.5) is 0 Å². The Hall–Kier alpha value is -3.52. The lowest BCUT2D eigenvalue weighted by Crippen LogP contribution is -1.92. The molecule has 0 fully saturated rings. The Morgan fingerprint density at radius 3 is 2.43 bits per heavy atom. The van der Waals surface area contributed by atoms with E-state index in [2.05, 4.69) is 10.2 Å². The fraction of sp³-hybridized carbons (Fsp3) is 0.100. The SMILES string of the molecule is COc1ccc(-c2nnc3sc(-c4ccc5cc(OC)ccc5n4)nn23)cc1. The maximum absolute atomic E-state index is 5.27. The third kappa shape index (κ3) is 2.74. The zero-order chi connectivity index (χ0) is 19.1. The Labute approximate surface area is 164 Å². The van der Waals surface area contributed by atoms with E-state index in [1.165, 1.54) is 11.3 Å². The number of pyridine rings is 1. The summed E-state index contributed by atoms with van der Waals surface area (Å²) in [6.45, 7) is 0. The zero-order valence-corrected chi connectivity index (χ0v) is 16.0. The fourth-order valence-electron chi connectivity index (χ4n) is 2.99. The minimum atomic E-state index is 0.686. The molecule has 0 aliphatic carbocycles. The highest BCUT2D eigenvalue weighted by Crippen LogP contribution is 2.29. The summed E-state index contributed by atoms with van der Waals surface area (Å²) in [6, 6.07) is 17.5. The molecule has 0 saturated carbocycles. The van der Waals surface area contributed by atoms with Gasteiger partial charge in [-0.2, -0.15) is 9.61 Å². The summed E-state index contributed by atoms with van der Waals surface area (Å²) in [6.07, 6.45) is 0. The van der Waals surface area contributed by atoms with Gasteiger partial charge in [-0.05, 0) is 48.5 Å². The summed E-state index contributed by atoms with van der Waals surface area (Å²) in [4.78, 5) is 5.45. The predicted molar refractivity (Wildman–Crippen MR) is 108 cm³/mol. The molecular formula is C20H15N5O2S. The average molecular weight is 389 g/mol. The summed E-state index contributed by atoms with van der Waals surface area (Å²) >= 11 is 1.46. The van der Waals surface area contributed by atoms with Gasteiger partial charge in [-0.25, -0.2) is 4.98 Å². The van der Waals surface area contributed by atoms with Gasteiger partial charge in [0.15, 0.2) is 10.8 Å². The summed E-state index contributed by atoms with van der Waals surface area (Å²) in [5, 5.41) is 15.0. The van der Waals surface area contributed by atoms with E-state index >= 15 is 0 Å². The summed E-state index contributed by atoms with van der Waals surface area (Å²) in [5.41, 5.74) is 2.61. The molecule has 2 aromatic carbocycles. The third-order valence-corrected chi connectivity index (χ3v) is 5.38. The number of aromatic nitrogens is 5. The molecule has 3 aromatic heterocycles. The van der Waals surface area contributed by atoms with Gasteiger partial charge in [-0.15, -0.1) is 10.2 Å². The molecular weight excluding hydrogens is 374 g/mol. The first-order valence-electron chi connectivity index (χ1n) is 8.57. The third-order valence-electron chi connectivity index (χ3n) is 4.45. The Morgan fingerprint density at radius 2 is 1.64 bits per heavy atom. The van der Waals surface area contributed by atoms with Crippen molar-refractivity contribution in [3.63, 3.8) is 0 Å². The molecule has 8 heteroatoms. The van der Waals surface area contributed by atoms with Crippen molar-refractivity contribution in [1.29, 1.82) is 0 Å². The fourth-order valence-corrected chi connectivity index (χ4v) is 3.80. The van der Waals surface area contributed by atoms with Gasteiger partial charge in [0.05, 0.1) is 19.7 Å². The molecule has 0 atom stereocenters. The summed E-state index contributed by atoms with van der Waals surface area (Å²) < 4.78 is 12.2. The number of benzene rings is 2. The lowest BCUT2D eigenvalue weighted by Gasteiger charge is -2.03. The van der Waals surface area contributed by atoms with Gasteiger partial charge in [0, 0.05) is 10.9 Å². The first-order valence-corrected chi connectivity index (χ1v) is 9.38. The number of methoxy groups -OCH3 is 2. The van der Waals surface area contributed by atoms with Crippen LogP contribution in [0.15, 0.2) is 54.6 Å². The van der Waals surface area contributed by atoms with Crippen LogP contribution in [0.5, 0.6) is 11.5 Å². The van der Waals surface area contributed by atoms with Crippen LogP contribution in [0.25, 0.3) is 38.0 Å². The molecule has 28 heavy (non-hydrogen) atoms. The molecule has 0 aliphatic heterocycles. The first kappa shape index (κ1) is 16.6. The largest absolute Gasteiger partial charge is 0.497 e. The van der Waals surface area contributed by atoms with Gasteiger partial charge in [0.25, 0.3) is 0 Å². The molecule has 3 heterocycles. The molecule has 0 bridgehead atoms. The van der Waals surface area contributed by atoms with Gasteiger partial charge >= 0.3 is 0 Å². The van der Waals surface area contributed by atoms with E-state index in [4.69, 9.17) is 19.6 Å². The maximum atomic E-state index is 5.27. The van der Waals surface area contributed by atoms with Crippen molar-refractivity contribution in [3.05, 3.63) is 54.6 Å². The van der Waals surface area contributed by atoms with Gasteiger partial charge in [-0.1, -0.05) is 17.4 Å². The number of hydrogen-bond donors (Lipinski definition) is 0. The molecule has 0 aliphatic rings. The van der Waals surface area contributed by atoms with Crippen LogP contribution < -0.4 is 9.47 Å². The van der Waals surface area contributed by atoms with Crippen molar-refractivity contribution >= 4 is 27.2 Å². The molecule has 5 aromatic rings. The second-order valence-corrected chi connectivity index (χ2v) is 7.06. The number of nitrogens with zero attached hydrogens (tertiary/aromatic N) is 5. The minimum Gasteiger partial charge on any atom is -0.497 e. The summed E-state index contributed by atoms with van der Waals surface area (Å²) in [7, 11) is 3.30. The van der Waals surface area contributed by atoms with Crippen molar-refractivity contribution in [2.24, 2.45) is 0 Å². The number of fused-ring (bicyclic) bond motifs is 2. The number of rotatable bonds is 4. The standard InChI is InChI=1S/C20H15N5O2S/c1-26-14-6-3-12(4-7-14)18-22-23-20-25(18)24-19(28-20)17-9-5-13-11-15(27-2)8-10-16(13)21-17/h3-11H,1-2H3. The van der Waals surface area contributed by atoms with Crippen LogP contribution in [0.2, 0.25) is 0 Å². The zero-order valence-electron chi connectivity index (χ0n) is 15.2. The second kappa shape index (κ2) is 6.58. The van der Waals surface area contributed by atoms with E-state index in [1.54, 1.807) is 18.7 Å². The first-order chi connectivity index (χ1) is 13.7. The molecule has 0 amide bonds. The van der Waals surface area contributed by atoms with E-state index in [0.717, 1.165) is 43.6 Å². The van der Waals surface area contributed by atoms with Crippen LogP contribution in [0.3, 0.4) is 0 Å². The highest BCUT2D eigenvalue weighted by Gasteiger charge is 2.15. The van der Waals surface area contributed by atoms with Crippen LogP contribution in [0.1, 0.15) is 0 Å². The Balaban J connectivity index is 1.56. The Kier molecular flexibility index (Phi) is 3.91. The van der Waals surface area contributed by atoms with E-state index in [9.17, 15) is 0 Å². The highest BCUT2D eigenvalue weighted by atomic mass is 32.1. The van der Waals surface area contributed by atoms with Gasteiger partial charge in [0.1, 0.15) is 17.2 Å². The van der Waals surface area contributed by atoms with E-state index in [0.29, 0.717) is 5.82 Å². The Bertz CT molecular complexity index is 1290. The van der Waals surface area contributed by atoms with E-state index < -0.39 is 0 Å².